The summed E-state index contributed by atoms with van der Waals surface area (Å²) in [5.41, 5.74) is -0.443. The van der Waals surface area contributed by atoms with E-state index in [1.165, 1.54) is 7.11 Å². The average molecular weight is 186 g/mol. The average Bonchev–Trinajstić information content (AvgIpc) is 2.01. The molecule has 0 aliphatic carbocycles. The van der Waals surface area contributed by atoms with Gasteiger partial charge in [-0.2, -0.15) is 0 Å². The van der Waals surface area contributed by atoms with Crippen LogP contribution in [0, 0.1) is 5.92 Å². The first-order chi connectivity index (χ1) is 5.96. The lowest BCUT2D eigenvalue weighted by Crippen LogP contribution is -2.43. The molecule has 0 aromatic carbocycles. The predicted octanol–water partition coefficient (Wildman–Crippen LogP) is 0.544. The van der Waals surface area contributed by atoms with Gasteiger partial charge in [-0.3, -0.25) is 9.59 Å². The molecular weight excluding hydrogens is 172 g/mol. The van der Waals surface area contributed by atoms with Crippen LogP contribution in [-0.4, -0.2) is 31.1 Å². The number of ether oxygens (including phenoxy) is 2. The minimum Gasteiger partial charge on any atom is -0.468 e. The molecule has 4 nitrogen and oxygen atoms in total. The molecule has 1 aliphatic rings. The Labute approximate surface area is 77.2 Å². The topological polar surface area (TPSA) is 52.6 Å². The van der Waals surface area contributed by atoms with Crippen molar-refractivity contribution in [1.29, 1.82) is 0 Å². The first kappa shape index (κ1) is 10.2. The van der Waals surface area contributed by atoms with Crippen molar-refractivity contribution in [3.63, 3.8) is 0 Å². The smallest absolute Gasteiger partial charge is 0.318 e. The normalized spacial score (nSPS) is 27.0. The predicted molar refractivity (Wildman–Crippen MR) is 45.2 cm³/mol. The summed E-state index contributed by atoms with van der Waals surface area (Å²) in [6.07, 6.45) is 0.271. The van der Waals surface area contributed by atoms with Crippen LogP contribution in [0.4, 0.5) is 0 Å². The van der Waals surface area contributed by atoms with Gasteiger partial charge in [-0.15, -0.1) is 0 Å². The molecule has 74 valence electrons. The molecule has 0 saturated carbocycles. The number of ketones is 1. The van der Waals surface area contributed by atoms with Gasteiger partial charge in [0.15, 0.2) is 5.78 Å². The second-order valence-electron chi connectivity index (χ2n) is 3.79. The Morgan fingerprint density at radius 2 is 2.23 bits per heavy atom. The Hall–Kier alpha value is -0.900. The largest absolute Gasteiger partial charge is 0.468 e. The lowest BCUT2D eigenvalue weighted by molar-refractivity contribution is -0.163. The van der Waals surface area contributed by atoms with Crippen LogP contribution in [0.15, 0.2) is 0 Å². The fraction of sp³-hybridized carbons (Fsp3) is 0.778. The van der Waals surface area contributed by atoms with E-state index in [-0.39, 0.29) is 18.8 Å². The first-order valence-electron chi connectivity index (χ1n) is 4.21. The van der Waals surface area contributed by atoms with Gasteiger partial charge in [0.1, 0.15) is 5.92 Å². The standard InChI is InChI=1S/C9H14O4/c1-9(2)4-7(10)6(5-13-9)8(11)12-3/h6H,4-5H2,1-3H3. The molecule has 0 N–H and O–H groups in total. The highest BCUT2D eigenvalue weighted by atomic mass is 16.5. The summed E-state index contributed by atoms with van der Waals surface area (Å²) in [5, 5.41) is 0. The van der Waals surface area contributed by atoms with E-state index >= 15 is 0 Å². The van der Waals surface area contributed by atoms with Gasteiger partial charge < -0.3 is 9.47 Å². The first-order valence-corrected chi connectivity index (χ1v) is 4.21. The summed E-state index contributed by atoms with van der Waals surface area (Å²) in [6, 6.07) is 0. The molecule has 1 saturated heterocycles. The van der Waals surface area contributed by atoms with E-state index in [9.17, 15) is 9.59 Å². The number of Topliss-reactive ketones (excluding diaryl/α,β-unsaturated/α-hetero) is 1. The van der Waals surface area contributed by atoms with Crippen molar-refractivity contribution in [2.24, 2.45) is 5.92 Å². The van der Waals surface area contributed by atoms with Crippen molar-refractivity contribution >= 4 is 11.8 Å². The summed E-state index contributed by atoms with van der Waals surface area (Å²) in [4.78, 5) is 22.5. The second-order valence-corrected chi connectivity index (χ2v) is 3.79. The lowest BCUT2D eigenvalue weighted by Gasteiger charge is -2.32. The SMILES string of the molecule is COC(=O)C1COC(C)(C)CC1=O. The van der Waals surface area contributed by atoms with Crippen LogP contribution in [0.1, 0.15) is 20.3 Å². The molecule has 1 unspecified atom stereocenters. The Bertz CT molecular complexity index is 232. The van der Waals surface area contributed by atoms with Gasteiger partial charge in [0.05, 0.1) is 19.3 Å². The molecule has 13 heavy (non-hydrogen) atoms. The van der Waals surface area contributed by atoms with Gasteiger partial charge in [-0.1, -0.05) is 0 Å². The molecule has 0 bridgehead atoms. The van der Waals surface area contributed by atoms with Crippen LogP contribution in [0.25, 0.3) is 0 Å². The summed E-state index contributed by atoms with van der Waals surface area (Å²) in [7, 11) is 1.27. The lowest BCUT2D eigenvalue weighted by atomic mass is 9.90. The molecule has 1 aliphatic heterocycles. The van der Waals surface area contributed by atoms with E-state index in [1.54, 1.807) is 0 Å². The maximum absolute atomic E-state index is 11.4. The van der Waals surface area contributed by atoms with Gasteiger partial charge in [-0.25, -0.2) is 0 Å². The third-order valence-corrected chi connectivity index (χ3v) is 2.12. The van der Waals surface area contributed by atoms with Crippen molar-refractivity contribution in [2.75, 3.05) is 13.7 Å². The third-order valence-electron chi connectivity index (χ3n) is 2.12. The number of carbonyl (C=O) groups is 2. The fourth-order valence-electron chi connectivity index (χ4n) is 1.34. The van der Waals surface area contributed by atoms with Crippen molar-refractivity contribution in [3.05, 3.63) is 0 Å². The van der Waals surface area contributed by atoms with Crippen molar-refractivity contribution in [3.8, 4) is 0 Å². The van der Waals surface area contributed by atoms with E-state index in [2.05, 4.69) is 4.74 Å². The van der Waals surface area contributed by atoms with Crippen LogP contribution in [0.3, 0.4) is 0 Å². The van der Waals surface area contributed by atoms with Gasteiger partial charge >= 0.3 is 5.97 Å². The second kappa shape index (κ2) is 3.46. The minimum absolute atomic E-state index is 0.0944. The molecule has 0 radical (unpaired) electrons. The molecule has 0 aromatic rings. The van der Waals surface area contributed by atoms with Gasteiger partial charge in [0.25, 0.3) is 0 Å². The van der Waals surface area contributed by atoms with Crippen LogP contribution >= 0.6 is 0 Å². The highest BCUT2D eigenvalue weighted by Gasteiger charge is 2.38. The summed E-state index contributed by atoms with van der Waals surface area (Å²) < 4.78 is 9.84. The minimum atomic E-state index is -0.724. The van der Waals surface area contributed by atoms with Gasteiger partial charge in [0, 0.05) is 6.42 Å². The number of carbonyl (C=O) groups excluding carboxylic acids is 2. The van der Waals surface area contributed by atoms with Crippen LogP contribution in [-0.2, 0) is 19.1 Å². The number of hydrogen-bond donors (Lipinski definition) is 0. The Morgan fingerprint density at radius 1 is 1.62 bits per heavy atom. The summed E-state index contributed by atoms with van der Waals surface area (Å²) in [6.45, 7) is 3.80. The zero-order chi connectivity index (χ0) is 10.1. The zero-order valence-corrected chi connectivity index (χ0v) is 8.12. The number of esters is 1. The molecule has 0 spiro atoms. The number of rotatable bonds is 1. The van der Waals surface area contributed by atoms with Crippen molar-refractivity contribution < 1.29 is 19.1 Å². The van der Waals surface area contributed by atoms with Gasteiger partial charge in [-0.05, 0) is 13.8 Å². The van der Waals surface area contributed by atoms with E-state index in [1.807, 2.05) is 13.8 Å². The summed E-state index contributed by atoms with van der Waals surface area (Å²) in [5.74, 6) is -1.32. The molecule has 1 atom stereocenters. The Kier molecular flexibility index (Phi) is 2.71. The molecule has 0 amide bonds. The maximum atomic E-state index is 11.4. The van der Waals surface area contributed by atoms with E-state index in [4.69, 9.17) is 4.74 Å². The van der Waals surface area contributed by atoms with Gasteiger partial charge in [0.2, 0.25) is 0 Å². The Balaban J connectivity index is 2.64. The highest BCUT2D eigenvalue weighted by molar-refractivity contribution is 5.99. The number of hydrogen-bond acceptors (Lipinski definition) is 4. The van der Waals surface area contributed by atoms with Crippen LogP contribution in [0.5, 0.6) is 0 Å². The number of methoxy groups -OCH3 is 1. The molecule has 1 rings (SSSR count). The monoisotopic (exact) mass is 186 g/mol. The van der Waals surface area contributed by atoms with Crippen molar-refractivity contribution in [1.82, 2.24) is 0 Å². The van der Waals surface area contributed by atoms with E-state index in [0.29, 0.717) is 0 Å². The zero-order valence-electron chi connectivity index (χ0n) is 8.12. The molecule has 4 heteroatoms. The highest BCUT2D eigenvalue weighted by Crippen LogP contribution is 2.25. The Morgan fingerprint density at radius 3 is 2.69 bits per heavy atom. The molecule has 1 fully saturated rings. The fourth-order valence-corrected chi connectivity index (χ4v) is 1.34. The quantitative estimate of drug-likeness (QED) is 0.443. The van der Waals surface area contributed by atoms with E-state index in [0.717, 1.165) is 0 Å². The van der Waals surface area contributed by atoms with E-state index < -0.39 is 17.5 Å². The maximum Gasteiger partial charge on any atom is 0.318 e. The molecule has 1 heterocycles. The van der Waals surface area contributed by atoms with Crippen LogP contribution < -0.4 is 0 Å². The summed E-state index contributed by atoms with van der Waals surface area (Å²) >= 11 is 0. The van der Waals surface area contributed by atoms with Crippen molar-refractivity contribution in [2.45, 2.75) is 25.9 Å². The third kappa shape index (κ3) is 2.28. The van der Waals surface area contributed by atoms with Crippen LogP contribution in [0.2, 0.25) is 0 Å². The molecule has 0 aromatic heterocycles. The molecular formula is C9H14O4.